The number of nitrogens with zero attached hydrogens (tertiary/aromatic N) is 5. The van der Waals surface area contributed by atoms with Gasteiger partial charge in [0.15, 0.2) is 0 Å². The minimum absolute atomic E-state index is 0.168. The van der Waals surface area contributed by atoms with Crippen LogP contribution in [-0.2, 0) is 17.9 Å². The molecule has 0 aliphatic carbocycles. The summed E-state index contributed by atoms with van der Waals surface area (Å²) in [4.78, 5) is 21.5. The van der Waals surface area contributed by atoms with Crippen molar-refractivity contribution in [1.82, 2.24) is 24.6 Å². The minimum atomic E-state index is 0.168. The van der Waals surface area contributed by atoms with Gasteiger partial charge in [0.1, 0.15) is 6.54 Å². The van der Waals surface area contributed by atoms with Gasteiger partial charge in [-0.3, -0.25) is 14.4 Å². The number of rotatable bonds is 4. The zero-order chi connectivity index (χ0) is 15.9. The predicted octanol–water partition coefficient (Wildman–Crippen LogP) is 1.53. The third-order valence-electron chi connectivity index (χ3n) is 5.08. The lowest BCUT2D eigenvalue weighted by Gasteiger charge is -2.50. The summed E-state index contributed by atoms with van der Waals surface area (Å²) in [5.74, 6) is 0.168. The molecule has 2 aliphatic rings. The smallest absolute Gasteiger partial charge is 0.244 e. The second-order valence-corrected chi connectivity index (χ2v) is 7.58. The van der Waals surface area contributed by atoms with Crippen LogP contribution in [0.2, 0.25) is 0 Å². The van der Waals surface area contributed by atoms with Crippen molar-refractivity contribution < 1.29 is 4.79 Å². The van der Waals surface area contributed by atoms with E-state index >= 15 is 0 Å². The number of hydrogen-bond donors (Lipinski definition) is 0. The summed E-state index contributed by atoms with van der Waals surface area (Å²) in [5, 5.41) is 7.39. The third kappa shape index (κ3) is 2.79. The molecule has 1 atom stereocenters. The van der Waals surface area contributed by atoms with Gasteiger partial charge in [-0.2, -0.15) is 5.10 Å². The molecule has 2 fully saturated rings. The minimum Gasteiger partial charge on any atom is -0.339 e. The van der Waals surface area contributed by atoms with Gasteiger partial charge >= 0.3 is 0 Å². The fourth-order valence-corrected chi connectivity index (χ4v) is 4.28. The predicted molar refractivity (Wildman–Crippen MR) is 88.0 cm³/mol. The number of thiazole rings is 1. The fraction of sp³-hybridized carbons (Fsp3) is 0.562. The van der Waals surface area contributed by atoms with Gasteiger partial charge in [-0.1, -0.05) is 0 Å². The molecule has 122 valence electrons. The van der Waals surface area contributed by atoms with Gasteiger partial charge in [0, 0.05) is 49.5 Å². The Morgan fingerprint density at radius 3 is 2.91 bits per heavy atom. The number of hydrogen-bond acceptors (Lipinski definition) is 5. The van der Waals surface area contributed by atoms with Crippen LogP contribution in [0.3, 0.4) is 0 Å². The summed E-state index contributed by atoms with van der Waals surface area (Å²) < 4.78 is 1.70. The van der Waals surface area contributed by atoms with Crippen LogP contribution in [0.15, 0.2) is 23.8 Å². The van der Waals surface area contributed by atoms with E-state index in [9.17, 15) is 4.79 Å². The van der Waals surface area contributed by atoms with Gasteiger partial charge in [0.2, 0.25) is 5.91 Å². The molecule has 0 N–H and O–H groups in total. The van der Waals surface area contributed by atoms with Crippen LogP contribution in [-0.4, -0.2) is 55.6 Å². The van der Waals surface area contributed by atoms with E-state index in [0.717, 1.165) is 43.3 Å². The van der Waals surface area contributed by atoms with Crippen molar-refractivity contribution in [2.24, 2.45) is 0 Å². The Balaban J connectivity index is 1.38. The highest BCUT2D eigenvalue weighted by molar-refractivity contribution is 7.09. The fourth-order valence-electron chi connectivity index (χ4n) is 3.67. The number of carbonyl (C=O) groups is 1. The molecule has 0 radical (unpaired) electrons. The molecular weight excluding hydrogens is 310 g/mol. The first kappa shape index (κ1) is 14.8. The molecule has 0 aromatic carbocycles. The molecule has 2 aromatic heterocycles. The van der Waals surface area contributed by atoms with Crippen molar-refractivity contribution in [3.8, 4) is 0 Å². The molecule has 7 heteroatoms. The van der Waals surface area contributed by atoms with Crippen LogP contribution < -0.4 is 0 Å². The molecule has 2 aliphatic heterocycles. The number of carbonyl (C=O) groups excluding carboxylic acids is 1. The van der Waals surface area contributed by atoms with Crippen molar-refractivity contribution in [2.75, 3.05) is 19.6 Å². The van der Waals surface area contributed by atoms with Crippen LogP contribution in [0.1, 0.15) is 23.5 Å². The first-order valence-electron chi connectivity index (χ1n) is 8.06. The lowest BCUT2D eigenvalue weighted by atomic mass is 9.83. The van der Waals surface area contributed by atoms with Gasteiger partial charge in [0.25, 0.3) is 0 Å². The molecule has 23 heavy (non-hydrogen) atoms. The molecule has 0 bridgehead atoms. The van der Waals surface area contributed by atoms with Gasteiger partial charge in [-0.25, -0.2) is 4.98 Å². The number of likely N-dealkylation sites (tertiary alicyclic amines) is 2. The van der Waals surface area contributed by atoms with Crippen molar-refractivity contribution in [1.29, 1.82) is 0 Å². The van der Waals surface area contributed by atoms with Crippen molar-refractivity contribution >= 4 is 17.2 Å². The quantitative estimate of drug-likeness (QED) is 0.852. The zero-order valence-corrected chi connectivity index (χ0v) is 14.1. The van der Waals surface area contributed by atoms with Crippen LogP contribution in [0, 0.1) is 6.92 Å². The largest absolute Gasteiger partial charge is 0.339 e. The summed E-state index contributed by atoms with van der Waals surface area (Å²) in [6.45, 7) is 6.10. The number of amides is 1. The maximum absolute atomic E-state index is 12.4. The maximum Gasteiger partial charge on any atom is 0.244 e. The lowest BCUT2D eigenvalue weighted by Crippen LogP contribution is -2.60. The Hall–Kier alpha value is -1.73. The van der Waals surface area contributed by atoms with E-state index < -0.39 is 0 Å². The first-order valence-corrected chi connectivity index (χ1v) is 8.94. The summed E-state index contributed by atoms with van der Waals surface area (Å²) in [6.07, 6.45) is 5.80. The summed E-state index contributed by atoms with van der Waals surface area (Å²) in [6, 6.07) is 1.85. The topological polar surface area (TPSA) is 54.3 Å². The lowest BCUT2D eigenvalue weighted by molar-refractivity contribution is -0.132. The molecule has 4 rings (SSSR count). The van der Waals surface area contributed by atoms with Gasteiger partial charge in [0.05, 0.1) is 10.7 Å². The van der Waals surface area contributed by atoms with Gasteiger partial charge in [-0.15, -0.1) is 11.3 Å². The molecule has 1 amide bonds. The van der Waals surface area contributed by atoms with Crippen LogP contribution in [0.25, 0.3) is 0 Å². The van der Waals surface area contributed by atoms with Gasteiger partial charge < -0.3 is 4.90 Å². The molecule has 0 saturated carbocycles. The molecular formula is C16H21N5OS. The van der Waals surface area contributed by atoms with E-state index in [1.54, 1.807) is 22.2 Å². The average molecular weight is 331 g/mol. The van der Waals surface area contributed by atoms with Crippen molar-refractivity contribution in [3.63, 3.8) is 0 Å². The standard InChI is InChI=1S/C16H21N5OS/c1-13-18-14(11-23-13)9-20-8-4-16(20)3-7-19(12-16)15(22)10-21-6-2-5-17-21/h2,5-6,11H,3-4,7-10,12H2,1H3. The zero-order valence-electron chi connectivity index (χ0n) is 13.3. The monoisotopic (exact) mass is 331 g/mol. The number of aromatic nitrogens is 3. The molecule has 6 nitrogen and oxygen atoms in total. The van der Waals surface area contributed by atoms with Gasteiger partial charge in [-0.05, 0) is 25.8 Å². The third-order valence-corrected chi connectivity index (χ3v) is 5.90. The van der Waals surface area contributed by atoms with Crippen molar-refractivity contribution in [3.05, 3.63) is 34.5 Å². The van der Waals surface area contributed by atoms with E-state index in [0.29, 0.717) is 6.54 Å². The highest BCUT2D eigenvalue weighted by Gasteiger charge is 2.50. The van der Waals surface area contributed by atoms with Crippen LogP contribution in [0.5, 0.6) is 0 Å². The molecule has 2 aromatic rings. The summed E-state index contributed by atoms with van der Waals surface area (Å²) in [5.41, 5.74) is 1.34. The first-order chi connectivity index (χ1) is 11.1. The summed E-state index contributed by atoms with van der Waals surface area (Å²) in [7, 11) is 0. The Morgan fingerprint density at radius 1 is 1.39 bits per heavy atom. The Labute approximate surface area is 139 Å². The molecule has 1 spiro atoms. The van der Waals surface area contributed by atoms with E-state index in [2.05, 4.69) is 20.4 Å². The second-order valence-electron chi connectivity index (χ2n) is 6.52. The van der Waals surface area contributed by atoms with E-state index in [1.165, 1.54) is 6.42 Å². The SMILES string of the molecule is Cc1nc(CN2CCC23CCN(C(=O)Cn2cccn2)C3)cs1. The average Bonchev–Trinajstić information content (AvgIpc) is 3.24. The second kappa shape index (κ2) is 5.72. The highest BCUT2D eigenvalue weighted by Crippen LogP contribution is 2.40. The van der Waals surface area contributed by atoms with Crippen molar-refractivity contribution in [2.45, 2.75) is 38.4 Å². The van der Waals surface area contributed by atoms with E-state index in [4.69, 9.17) is 0 Å². The number of aryl methyl sites for hydroxylation is 1. The Bertz CT molecular complexity index is 697. The van der Waals surface area contributed by atoms with E-state index in [1.807, 2.05) is 24.1 Å². The maximum atomic E-state index is 12.4. The van der Waals surface area contributed by atoms with Crippen LogP contribution in [0.4, 0.5) is 0 Å². The summed E-state index contributed by atoms with van der Waals surface area (Å²) >= 11 is 1.71. The van der Waals surface area contributed by atoms with Crippen LogP contribution >= 0.6 is 11.3 Å². The Kier molecular flexibility index (Phi) is 3.69. The normalized spacial score (nSPS) is 24.3. The highest BCUT2D eigenvalue weighted by atomic mass is 32.1. The van der Waals surface area contributed by atoms with E-state index in [-0.39, 0.29) is 11.4 Å². The molecule has 1 unspecified atom stereocenters. The molecule has 2 saturated heterocycles. The molecule has 4 heterocycles. The Morgan fingerprint density at radius 2 is 2.26 bits per heavy atom.